The molecule has 2 rings (SSSR count). The number of aryl methyl sites for hydroxylation is 1. The Kier molecular flexibility index (Phi) is 8.17. The van der Waals surface area contributed by atoms with Gasteiger partial charge in [-0.1, -0.05) is 57.2 Å². The number of hydrogen-bond acceptors (Lipinski definition) is 4. The molecule has 0 fully saturated rings. The van der Waals surface area contributed by atoms with E-state index in [4.69, 9.17) is 10.00 Å². The van der Waals surface area contributed by atoms with Crippen LogP contribution in [0.4, 0.5) is 0 Å². The normalized spacial score (nSPS) is 11.8. The summed E-state index contributed by atoms with van der Waals surface area (Å²) in [5.41, 5.74) is 3.58. The van der Waals surface area contributed by atoms with Gasteiger partial charge >= 0.3 is 5.97 Å². The number of esters is 1. The third-order valence-corrected chi connectivity index (χ3v) is 4.53. The van der Waals surface area contributed by atoms with Crippen LogP contribution in [0.1, 0.15) is 49.1 Å². The number of amides is 1. The van der Waals surface area contributed by atoms with Crippen molar-refractivity contribution in [2.24, 2.45) is 5.92 Å². The number of hydrogen-bond donors (Lipinski definition) is 1. The van der Waals surface area contributed by atoms with Gasteiger partial charge in [0.1, 0.15) is 0 Å². The molecule has 0 aliphatic carbocycles. The van der Waals surface area contributed by atoms with E-state index in [1.54, 1.807) is 30.3 Å². The molecule has 0 bridgehead atoms. The van der Waals surface area contributed by atoms with Crippen LogP contribution in [0.25, 0.3) is 6.08 Å². The van der Waals surface area contributed by atoms with Gasteiger partial charge in [0, 0.05) is 6.08 Å². The molecule has 0 aromatic heterocycles. The lowest BCUT2D eigenvalue weighted by atomic mass is 9.95. The van der Waals surface area contributed by atoms with Crippen LogP contribution in [0.15, 0.2) is 54.6 Å². The number of nitrogens with zero attached hydrogens (tertiary/aromatic N) is 1. The highest BCUT2D eigenvalue weighted by molar-refractivity contribution is 5.89. The highest BCUT2D eigenvalue weighted by Gasteiger charge is 2.18. The predicted molar refractivity (Wildman–Crippen MR) is 113 cm³/mol. The number of rotatable bonds is 8. The zero-order chi connectivity index (χ0) is 21.2. The average Bonchev–Trinajstić information content (AvgIpc) is 2.74. The van der Waals surface area contributed by atoms with Gasteiger partial charge in [-0.3, -0.25) is 4.79 Å². The first-order valence-electron chi connectivity index (χ1n) is 9.66. The number of nitrogens with one attached hydrogen (secondary N) is 1. The van der Waals surface area contributed by atoms with Crippen molar-refractivity contribution in [3.8, 4) is 6.07 Å². The van der Waals surface area contributed by atoms with E-state index in [9.17, 15) is 9.59 Å². The molecule has 0 spiro atoms. The molecule has 0 aliphatic heterocycles. The average molecular weight is 390 g/mol. The van der Waals surface area contributed by atoms with Crippen molar-refractivity contribution in [3.63, 3.8) is 0 Å². The van der Waals surface area contributed by atoms with Gasteiger partial charge < -0.3 is 10.1 Å². The van der Waals surface area contributed by atoms with Crippen molar-refractivity contribution in [3.05, 3.63) is 76.9 Å². The quantitative estimate of drug-likeness (QED) is 0.541. The zero-order valence-corrected chi connectivity index (χ0v) is 17.0. The first-order valence-corrected chi connectivity index (χ1v) is 9.66. The molecule has 5 nitrogen and oxygen atoms in total. The van der Waals surface area contributed by atoms with E-state index in [1.165, 1.54) is 11.6 Å². The second-order valence-electron chi connectivity index (χ2n) is 7.06. The second kappa shape index (κ2) is 10.8. The Morgan fingerprint density at radius 1 is 1.10 bits per heavy atom. The molecule has 0 aliphatic rings. The Morgan fingerprint density at radius 3 is 2.31 bits per heavy atom. The summed E-state index contributed by atoms with van der Waals surface area (Å²) in [6.07, 6.45) is 3.80. The Labute approximate surface area is 172 Å². The van der Waals surface area contributed by atoms with Gasteiger partial charge in [0.05, 0.1) is 17.7 Å². The van der Waals surface area contributed by atoms with Crippen LogP contribution in [0.2, 0.25) is 0 Å². The molecule has 0 unspecified atom stereocenters. The Balaban J connectivity index is 1.88. The first-order chi connectivity index (χ1) is 13.9. The molecule has 1 N–H and O–H groups in total. The molecule has 1 atom stereocenters. The summed E-state index contributed by atoms with van der Waals surface area (Å²) in [6, 6.07) is 16.8. The number of nitriles is 1. The summed E-state index contributed by atoms with van der Waals surface area (Å²) in [7, 11) is 0. The molecule has 2 aromatic carbocycles. The summed E-state index contributed by atoms with van der Waals surface area (Å²) < 4.78 is 5.03. The molecular weight excluding hydrogens is 364 g/mol. The van der Waals surface area contributed by atoms with Gasteiger partial charge in [-0.15, -0.1) is 0 Å². The smallest absolute Gasteiger partial charge is 0.331 e. The summed E-state index contributed by atoms with van der Waals surface area (Å²) in [6.45, 7) is 5.82. The van der Waals surface area contributed by atoms with Gasteiger partial charge in [0.15, 0.2) is 6.61 Å². The lowest BCUT2D eigenvalue weighted by Crippen LogP contribution is -2.34. The first kappa shape index (κ1) is 21.9. The minimum Gasteiger partial charge on any atom is -0.452 e. The third kappa shape index (κ3) is 6.93. The lowest BCUT2D eigenvalue weighted by Gasteiger charge is -2.23. The zero-order valence-electron chi connectivity index (χ0n) is 17.0. The van der Waals surface area contributed by atoms with E-state index in [-0.39, 0.29) is 24.5 Å². The van der Waals surface area contributed by atoms with E-state index in [0.717, 1.165) is 17.5 Å². The number of carbonyl (C=O) groups excluding carboxylic acids is 2. The molecule has 1 amide bonds. The van der Waals surface area contributed by atoms with Gasteiger partial charge in [-0.05, 0) is 47.2 Å². The molecule has 0 saturated heterocycles. The van der Waals surface area contributed by atoms with Crippen molar-refractivity contribution in [1.29, 1.82) is 5.26 Å². The maximum Gasteiger partial charge on any atom is 0.331 e. The minimum absolute atomic E-state index is 0.152. The monoisotopic (exact) mass is 390 g/mol. The van der Waals surface area contributed by atoms with Crippen molar-refractivity contribution in [2.45, 2.75) is 33.2 Å². The fourth-order valence-corrected chi connectivity index (χ4v) is 2.83. The van der Waals surface area contributed by atoms with E-state index in [2.05, 4.69) is 24.4 Å². The van der Waals surface area contributed by atoms with Crippen LogP contribution in [-0.2, 0) is 20.7 Å². The Morgan fingerprint density at radius 2 is 1.76 bits per heavy atom. The highest BCUT2D eigenvalue weighted by Crippen LogP contribution is 2.22. The van der Waals surface area contributed by atoms with E-state index >= 15 is 0 Å². The minimum atomic E-state index is -0.599. The van der Waals surface area contributed by atoms with Crippen LogP contribution >= 0.6 is 0 Å². The van der Waals surface area contributed by atoms with Crippen LogP contribution in [0.3, 0.4) is 0 Å². The molecule has 0 heterocycles. The fraction of sp³-hybridized carbons (Fsp3) is 0.292. The highest BCUT2D eigenvalue weighted by atomic mass is 16.5. The maximum atomic E-state index is 12.3. The number of carbonyl (C=O) groups is 2. The standard InChI is InChI=1S/C24H26N2O3/c1-4-18-9-12-21(13-10-18)24(17(2)3)26-22(27)16-29-23(28)14-11-19-5-7-20(15-25)8-6-19/h5-14,17,24H,4,16H2,1-3H3,(H,26,27)/b14-11+/t24-/m0/s1. The van der Waals surface area contributed by atoms with Crippen LogP contribution in [-0.4, -0.2) is 18.5 Å². The van der Waals surface area contributed by atoms with Crippen LogP contribution in [0, 0.1) is 17.2 Å². The third-order valence-electron chi connectivity index (χ3n) is 4.53. The SMILES string of the molecule is CCc1ccc([C@@H](NC(=O)COC(=O)/C=C/c2ccc(C#N)cc2)C(C)C)cc1. The Bertz CT molecular complexity index is 891. The summed E-state index contributed by atoms with van der Waals surface area (Å²) in [5, 5.41) is 11.7. The predicted octanol–water partition coefficient (Wildman–Crippen LogP) is 4.19. The number of benzene rings is 2. The van der Waals surface area contributed by atoms with Crippen molar-refractivity contribution in [2.75, 3.05) is 6.61 Å². The van der Waals surface area contributed by atoms with Crippen molar-refractivity contribution in [1.82, 2.24) is 5.32 Å². The van der Waals surface area contributed by atoms with Crippen molar-refractivity contribution < 1.29 is 14.3 Å². The molecule has 0 saturated carbocycles. The largest absolute Gasteiger partial charge is 0.452 e. The molecule has 29 heavy (non-hydrogen) atoms. The summed E-state index contributed by atoms with van der Waals surface area (Å²) >= 11 is 0. The molecular formula is C24H26N2O3. The van der Waals surface area contributed by atoms with Gasteiger partial charge in [-0.25, -0.2) is 4.79 Å². The van der Waals surface area contributed by atoms with Crippen LogP contribution < -0.4 is 5.32 Å². The second-order valence-corrected chi connectivity index (χ2v) is 7.06. The topological polar surface area (TPSA) is 79.2 Å². The van der Waals surface area contributed by atoms with Crippen molar-refractivity contribution >= 4 is 18.0 Å². The lowest BCUT2D eigenvalue weighted by molar-refractivity contribution is -0.144. The van der Waals surface area contributed by atoms with Crippen LogP contribution in [0.5, 0.6) is 0 Å². The Hall–Kier alpha value is -3.39. The molecule has 150 valence electrons. The molecule has 0 radical (unpaired) electrons. The summed E-state index contributed by atoms with van der Waals surface area (Å²) in [4.78, 5) is 24.1. The number of ether oxygens (including phenoxy) is 1. The van der Waals surface area contributed by atoms with E-state index < -0.39 is 5.97 Å². The van der Waals surface area contributed by atoms with Gasteiger partial charge in [0.25, 0.3) is 5.91 Å². The van der Waals surface area contributed by atoms with Gasteiger partial charge in [-0.2, -0.15) is 5.26 Å². The molecule has 2 aromatic rings. The van der Waals surface area contributed by atoms with E-state index in [1.807, 2.05) is 32.0 Å². The van der Waals surface area contributed by atoms with Gasteiger partial charge in [0.2, 0.25) is 0 Å². The maximum absolute atomic E-state index is 12.3. The summed E-state index contributed by atoms with van der Waals surface area (Å²) in [5.74, 6) is -0.750. The van der Waals surface area contributed by atoms with E-state index in [0.29, 0.717) is 5.56 Å². The fourth-order valence-electron chi connectivity index (χ4n) is 2.83. The molecule has 5 heteroatoms.